The summed E-state index contributed by atoms with van der Waals surface area (Å²) in [4.78, 5) is 26.0. The minimum absolute atomic E-state index is 0.00769. The maximum absolute atomic E-state index is 13.2. The van der Waals surface area contributed by atoms with Gasteiger partial charge in [-0.2, -0.15) is 0 Å². The van der Waals surface area contributed by atoms with Crippen LogP contribution < -0.4 is 10.5 Å². The zero-order chi connectivity index (χ0) is 23.8. The van der Waals surface area contributed by atoms with E-state index in [-0.39, 0.29) is 17.9 Å². The number of hydrogen-bond acceptors (Lipinski definition) is 7. The fraction of sp³-hybridized carbons (Fsp3) is 0.522. The molecule has 3 atom stereocenters. The van der Waals surface area contributed by atoms with Gasteiger partial charge in [0, 0.05) is 32.2 Å². The summed E-state index contributed by atoms with van der Waals surface area (Å²) in [7, 11) is -3.48. The van der Waals surface area contributed by atoms with E-state index in [4.69, 9.17) is 5.73 Å². The van der Waals surface area contributed by atoms with Crippen LogP contribution in [0.3, 0.4) is 0 Å². The van der Waals surface area contributed by atoms with Crippen LogP contribution in [0.15, 0.2) is 30.3 Å². The molecule has 0 saturated carbocycles. The third kappa shape index (κ3) is 5.51. The lowest BCUT2D eigenvalue weighted by atomic mass is 10.0. The van der Waals surface area contributed by atoms with Crippen molar-refractivity contribution in [1.29, 1.82) is 0 Å². The smallest absolute Gasteiger partial charge is 0.257 e. The first kappa shape index (κ1) is 23.6. The van der Waals surface area contributed by atoms with Gasteiger partial charge < -0.3 is 15.5 Å². The van der Waals surface area contributed by atoms with E-state index in [1.165, 1.54) is 5.56 Å². The lowest BCUT2D eigenvalue weighted by Crippen LogP contribution is -2.35. The van der Waals surface area contributed by atoms with Crippen molar-refractivity contribution < 1.29 is 13.2 Å². The van der Waals surface area contributed by atoms with Crippen molar-refractivity contribution in [2.24, 2.45) is 17.6 Å². The van der Waals surface area contributed by atoms with E-state index in [1.807, 2.05) is 23.1 Å². The average Bonchev–Trinajstić information content (AvgIpc) is 3.29. The van der Waals surface area contributed by atoms with E-state index in [0.29, 0.717) is 41.9 Å². The van der Waals surface area contributed by atoms with E-state index in [9.17, 15) is 13.2 Å². The zero-order valence-corrected chi connectivity index (χ0v) is 20.2. The van der Waals surface area contributed by atoms with Gasteiger partial charge in [-0.15, -0.1) is 0 Å². The summed E-state index contributed by atoms with van der Waals surface area (Å²) in [6, 6.07) is 10.2. The fourth-order valence-electron chi connectivity index (χ4n) is 5.02. The van der Waals surface area contributed by atoms with Crippen LogP contribution in [0.4, 0.5) is 5.95 Å². The minimum atomic E-state index is -3.48. The summed E-state index contributed by atoms with van der Waals surface area (Å²) >= 11 is 0. The van der Waals surface area contributed by atoms with Crippen LogP contribution in [-0.4, -0.2) is 73.1 Å². The highest BCUT2D eigenvalue weighted by molar-refractivity contribution is 7.91. The van der Waals surface area contributed by atoms with Gasteiger partial charge in [0.1, 0.15) is 0 Å². The Morgan fingerprint density at radius 1 is 1.09 bits per heavy atom. The molecule has 2 aliphatic rings. The molecule has 1 aromatic heterocycles. The zero-order valence-electron chi connectivity index (χ0n) is 19.4. The van der Waals surface area contributed by atoms with Crippen molar-refractivity contribution in [3.05, 3.63) is 52.8 Å². The van der Waals surface area contributed by atoms with E-state index >= 15 is 0 Å². The Morgan fingerprint density at radius 2 is 1.67 bits per heavy atom. The van der Waals surface area contributed by atoms with Crippen LogP contribution in [0.5, 0.6) is 0 Å². The Bertz CT molecular complexity index is 1090. The number of anilines is 1. The van der Waals surface area contributed by atoms with Gasteiger partial charge in [-0.3, -0.25) is 9.52 Å². The molecule has 2 fully saturated rings. The average molecular weight is 473 g/mol. The number of nitrogens with one attached hydrogen (secondary N) is 1. The largest absolute Gasteiger partial charge is 0.338 e. The molecule has 0 spiro atoms. The standard InChI is InChI=1S/C23H32N6O3S/c1-15-21(16(2)26-23(25-15)27-33(3,31)32)22(30)29-13-18-11-28(12-19(18)14-29)10-9-20(24)17-7-5-4-6-8-17/h4-8,18-20H,9-14,24H2,1-3H3,(H,25,26,27)/t18?,19?,20-/m0/s1. The molecular formula is C23H32N6O3S. The molecule has 1 amide bonds. The summed E-state index contributed by atoms with van der Waals surface area (Å²) in [5, 5.41) is 0. The topological polar surface area (TPSA) is 122 Å². The number of aryl methyl sites for hydroxylation is 2. The molecule has 1 aromatic carbocycles. The predicted octanol–water partition coefficient (Wildman–Crippen LogP) is 1.56. The molecule has 2 aliphatic heterocycles. The molecule has 2 aromatic rings. The van der Waals surface area contributed by atoms with Gasteiger partial charge >= 0.3 is 0 Å². The molecule has 2 saturated heterocycles. The number of carbonyl (C=O) groups excluding carboxylic acids is 1. The number of amides is 1. The number of nitrogens with zero attached hydrogens (tertiary/aromatic N) is 4. The first-order valence-corrected chi connectivity index (χ1v) is 13.1. The van der Waals surface area contributed by atoms with Crippen molar-refractivity contribution in [2.75, 3.05) is 43.7 Å². The highest BCUT2D eigenvalue weighted by Crippen LogP contribution is 2.33. The van der Waals surface area contributed by atoms with Crippen molar-refractivity contribution in [1.82, 2.24) is 19.8 Å². The highest BCUT2D eigenvalue weighted by atomic mass is 32.2. The second-order valence-corrected chi connectivity index (χ2v) is 11.0. The van der Waals surface area contributed by atoms with Gasteiger partial charge in [-0.05, 0) is 44.2 Å². The molecule has 9 nitrogen and oxygen atoms in total. The molecule has 0 radical (unpaired) electrons. The molecule has 178 valence electrons. The molecule has 10 heteroatoms. The van der Waals surface area contributed by atoms with Crippen LogP contribution in [0, 0.1) is 25.7 Å². The molecule has 3 N–H and O–H groups in total. The quantitative estimate of drug-likeness (QED) is 0.627. The number of sulfonamides is 1. The molecule has 3 heterocycles. The normalized spacial score (nSPS) is 21.8. The number of carbonyl (C=O) groups is 1. The molecular weight excluding hydrogens is 440 g/mol. The van der Waals surface area contributed by atoms with E-state index in [0.717, 1.165) is 32.3 Å². The Morgan fingerprint density at radius 3 is 2.21 bits per heavy atom. The lowest BCUT2D eigenvalue weighted by Gasteiger charge is -2.23. The second-order valence-electron chi connectivity index (χ2n) is 9.26. The van der Waals surface area contributed by atoms with Crippen molar-refractivity contribution in [3.8, 4) is 0 Å². The Hall–Kier alpha value is -2.56. The summed E-state index contributed by atoms with van der Waals surface area (Å²) in [6.07, 6.45) is 1.96. The molecule has 2 unspecified atom stereocenters. The number of likely N-dealkylation sites (tertiary alicyclic amines) is 2. The highest BCUT2D eigenvalue weighted by Gasteiger charge is 2.42. The monoisotopic (exact) mass is 472 g/mol. The van der Waals surface area contributed by atoms with Gasteiger partial charge in [0.2, 0.25) is 16.0 Å². The number of benzene rings is 1. The molecule has 0 bridgehead atoms. The van der Waals surface area contributed by atoms with Crippen LogP contribution in [0.2, 0.25) is 0 Å². The molecule has 33 heavy (non-hydrogen) atoms. The van der Waals surface area contributed by atoms with Crippen LogP contribution in [0.25, 0.3) is 0 Å². The van der Waals surface area contributed by atoms with E-state index in [1.54, 1.807) is 13.8 Å². The number of fused-ring (bicyclic) bond motifs is 1. The molecule has 4 rings (SSSR count). The van der Waals surface area contributed by atoms with E-state index in [2.05, 4.69) is 31.7 Å². The minimum Gasteiger partial charge on any atom is -0.338 e. The molecule has 0 aliphatic carbocycles. The lowest BCUT2D eigenvalue weighted by molar-refractivity contribution is 0.0771. The van der Waals surface area contributed by atoms with Gasteiger partial charge in [0.05, 0.1) is 23.2 Å². The fourth-order valence-corrected chi connectivity index (χ4v) is 5.45. The van der Waals surface area contributed by atoms with Gasteiger partial charge in [0.15, 0.2) is 0 Å². The predicted molar refractivity (Wildman–Crippen MR) is 127 cm³/mol. The first-order chi connectivity index (χ1) is 15.6. The Labute approximate surface area is 195 Å². The second kappa shape index (κ2) is 9.36. The Balaban J connectivity index is 1.34. The maximum Gasteiger partial charge on any atom is 0.257 e. The van der Waals surface area contributed by atoms with Crippen LogP contribution >= 0.6 is 0 Å². The number of nitrogens with two attached hydrogens (primary N) is 1. The SMILES string of the molecule is Cc1nc(NS(C)(=O)=O)nc(C)c1C(=O)N1CC2CN(CC[C@H](N)c3ccccc3)CC2C1. The summed E-state index contributed by atoms with van der Waals surface area (Å²) in [5.41, 5.74) is 8.94. The first-order valence-electron chi connectivity index (χ1n) is 11.3. The maximum atomic E-state index is 13.2. The number of rotatable bonds is 7. The summed E-state index contributed by atoms with van der Waals surface area (Å²) in [6.45, 7) is 7.76. The van der Waals surface area contributed by atoms with Gasteiger partial charge in [-0.25, -0.2) is 18.4 Å². The van der Waals surface area contributed by atoms with Crippen LogP contribution in [0.1, 0.15) is 39.8 Å². The van der Waals surface area contributed by atoms with Crippen molar-refractivity contribution in [3.63, 3.8) is 0 Å². The summed E-state index contributed by atoms with van der Waals surface area (Å²) in [5.74, 6) is 0.818. The van der Waals surface area contributed by atoms with Gasteiger partial charge in [-0.1, -0.05) is 30.3 Å². The third-order valence-electron chi connectivity index (χ3n) is 6.59. The van der Waals surface area contributed by atoms with Crippen molar-refractivity contribution in [2.45, 2.75) is 26.3 Å². The van der Waals surface area contributed by atoms with E-state index < -0.39 is 10.0 Å². The van der Waals surface area contributed by atoms with Gasteiger partial charge in [0.25, 0.3) is 5.91 Å². The van der Waals surface area contributed by atoms with Crippen molar-refractivity contribution >= 4 is 21.9 Å². The Kier molecular flexibility index (Phi) is 6.69. The number of hydrogen-bond donors (Lipinski definition) is 2. The number of aromatic nitrogens is 2. The summed E-state index contributed by atoms with van der Waals surface area (Å²) < 4.78 is 25.2. The van der Waals surface area contributed by atoms with Crippen LogP contribution in [-0.2, 0) is 10.0 Å². The third-order valence-corrected chi connectivity index (χ3v) is 7.15.